The fourth-order valence-electron chi connectivity index (χ4n) is 2.73. The van der Waals surface area contributed by atoms with Gasteiger partial charge in [0.1, 0.15) is 5.56 Å². The lowest BCUT2D eigenvalue weighted by molar-refractivity contribution is 0.0697. The van der Waals surface area contributed by atoms with E-state index in [2.05, 4.69) is 9.80 Å². The first-order chi connectivity index (χ1) is 9.00. The van der Waals surface area contributed by atoms with Crippen molar-refractivity contribution < 1.29 is 9.90 Å². The van der Waals surface area contributed by atoms with E-state index in [0.717, 1.165) is 31.6 Å². The number of rotatable bonds is 4. The van der Waals surface area contributed by atoms with Gasteiger partial charge in [-0.3, -0.25) is 0 Å². The lowest BCUT2D eigenvalue weighted by Crippen LogP contribution is -2.38. The maximum atomic E-state index is 11.4. The third kappa shape index (κ3) is 3.01. The van der Waals surface area contributed by atoms with Crippen molar-refractivity contribution in [3.8, 4) is 0 Å². The average molecular weight is 283 g/mol. The summed E-state index contributed by atoms with van der Waals surface area (Å²) in [5.74, 6) is -0.962. The molecule has 0 aliphatic carbocycles. The molecule has 1 N–H and O–H groups in total. The zero-order chi connectivity index (χ0) is 14.0. The molecule has 2 rings (SSSR count). The molecule has 1 unspecified atom stereocenters. The quantitative estimate of drug-likeness (QED) is 0.922. The van der Waals surface area contributed by atoms with E-state index in [0.29, 0.717) is 11.1 Å². The molecule has 0 spiro atoms. The van der Waals surface area contributed by atoms with Crippen molar-refractivity contribution in [3.63, 3.8) is 0 Å². The van der Waals surface area contributed by atoms with Gasteiger partial charge in [0.15, 0.2) is 0 Å². The van der Waals surface area contributed by atoms with E-state index in [1.807, 2.05) is 26.2 Å². The van der Waals surface area contributed by atoms with Crippen molar-refractivity contribution in [1.29, 1.82) is 0 Å². The van der Waals surface area contributed by atoms with Crippen LogP contribution in [0.1, 0.15) is 23.2 Å². The van der Waals surface area contributed by atoms with Crippen molar-refractivity contribution in [2.45, 2.75) is 18.9 Å². The van der Waals surface area contributed by atoms with E-state index in [9.17, 15) is 9.90 Å². The molecule has 0 aromatic heterocycles. The minimum atomic E-state index is -0.962. The van der Waals surface area contributed by atoms with Gasteiger partial charge >= 0.3 is 5.97 Å². The molecule has 0 saturated carbocycles. The van der Waals surface area contributed by atoms with Gasteiger partial charge in [0, 0.05) is 19.1 Å². The first-order valence-corrected chi connectivity index (χ1v) is 6.81. The number of carboxylic acid groups (broad SMARTS) is 1. The van der Waals surface area contributed by atoms with Crippen LogP contribution >= 0.6 is 11.6 Å². The summed E-state index contributed by atoms with van der Waals surface area (Å²) in [4.78, 5) is 15.7. The van der Waals surface area contributed by atoms with Crippen molar-refractivity contribution in [2.24, 2.45) is 0 Å². The summed E-state index contributed by atoms with van der Waals surface area (Å²) in [6.45, 7) is 1.81. The molecule has 19 heavy (non-hydrogen) atoms. The zero-order valence-corrected chi connectivity index (χ0v) is 12.0. The molecule has 0 bridgehead atoms. The van der Waals surface area contributed by atoms with Crippen LogP contribution in [0.4, 0.5) is 5.69 Å². The Bertz CT molecular complexity index is 477. The Hall–Kier alpha value is -1.26. The summed E-state index contributed by atoms with van der Waals surface area (Å²) in [7, 11) is 4.07. The largest absolute Gasteiger partial charge is 0.478 e. The highest BCUT2D eigenvalue weighted by Gasteiger charge is 2.29. The highest BCUT2D eigenvalue weighted by atomic mass is 35.5. The number of nitrogens with zero attached hydrogens (tertiary/aromatic N) is 2. The van der Waals surface area contributed by atoms with Gasteiger partial charge in [-0.15, -0.1) is 0 Å². The van der Waals surface area contributed by atoms with Gasteiger partial charge in [0.25, 0.3) is 0 Å². The second-order valence-electron chi connectivity index (χ2n) is 5.19. The van der Waals surface area contributed by atoms with Crippen LogP contribution in [0, 0.1) is 0 Å². The summed E-state index contributed by atoms with van der Waals surface area (Å²) >= 11 is 6.04. The Kier molecular flexibility index (Phi) is 4.32. The number of anilines is 1. The van der Waals surface area contributed by atoms with Crippen LogP contribution in [0.3, 0.4) is 0 Å². The van der Waals surface area contributed by atoms with E-state index in [-0.39, 0.29) is 5.56 Å². The number of hydrogen-bond donors (Lipinski definition) is 1. The van der Waals surface area contributed by atoms with Crippen molar-refractivity contribution >= 4 is 23.3 Å². The number of carbonyl (C=O) groups is 1. The maximum Gasteiger partial charge on any atom is 0.339 e. The van der Waals surface area contributed by atoms with Crippen molar-refractivity contribution in [2.75, 3.05) is 32.1 Å². The summed E-state index contributed by atoms with van der Waals surface area (Å²) in [6, 6.07) is 5.65. The SMILES string of the molecule is CN(C)CC1CCCN1c1cccc(Cl)c1C(=O)O. The van der Waals surface area contributed by atoms with E-state index in [1.165, 1.54) is 0 Å². The standard InChI is InChI=1S/C14H19ClN2O2/c1-16(2)9-10-5-4-8-17(10)12-7-3-6-11(15)13(12)14(18)19/h3,6-7,10H,4-5,8-9H2,1-2H3,(H,18,19). The van der Waals surface area contributed by atoms with Crippen LogP contribution < -0.4 is 4.90 Å². The first kappa shape index (κ1) is 14.2. The smallest absolute Gasteiger partial charge is 0.339 e. The van der Waals surface area contributed by atoms with E-state index in [1.54, 1.807) is 6.07 Å². The fourth-order valence-corrected chi connectivity index (χ4v) is 2.98. The summed E-state index contributed by atoms with van der Waals surface area (Å²) in [6.07, 6.45) is 2.17. The number of benzene rings is 1. The number of aromatic carboxylic acids is 1. The Labute approximate surface area is 118 Å². The lowest BCUT2D eigenvalue weighted by Gasteiger charge is -2.30. The molecule has 0 radical (unpaired) electrons. The van der Waals surface area contributed by atoms with Gasteiger partial charge < -0.3 is 14.9 Å². The normalized spacial score (nSPS) is 19.2. The molecule has 5 heteroatoms. The van der Waals surface area contributed by atoms with Crippen LogP contribution in [-0.2, 0) is 0 Å². The predicted octanol–water partition coefficient (Wildman–Crippen LogP) is 2.57. The topological polar surface area (TPSA) is 43.8 Å². The molecule has 1 aromatic carbocycles. The number of likely N-dealkylation sites (N-methyl/N-ethyl adjacent to an activating group) is 1. The third-order valence-corrected chi connectivity index (χ3v) is 3.78. The molecule has 1 fully saturated rings. The monoisotopic (exact) mass is 282 g/mol. The minimum absolute atomic E-state index is 0.217. The van der Waals surface area contributed by atoms with Gasteiger partial charge in [0.2, 0.25) is 0 Å². The van der Waals surface area contributed by atoms with Gasteiger partial charge in [-0.1, -0.05) is 17.7 Å². The summed E-state index contributed by atoms with van der Waals surface area (Å²) in [5, 5.41) is 9.66. The average Bonchev–Trinajstić information content (AvgIpc) is 2.75. The third-order valence-electron chi connectivity index (χ3n) is 3.47. The Morgan fingerprint density at radius 2 is 2.26 bits per heavy atom. The molecule has 1 aliphatic rings. The van der Waals surface area contributed by atoms with Crippen LogP contribution in [0.2, 0.25) is 5.02 Å². The fraction of sp³-hybridized carbons (Fsp3) is 0.500. The molecule has 104 valence electrons. The van der Waals surface area contributed by atoms with E-state index < -0.39 is 5.97 Å². The Morgan fingerprint density at radius 1 is 1.53 bits per heavy atom. The lowest BCUT2D eigenvalue weighted by atomic mass is 10.1. The second-order valence-corrected chi connectivity index (χ2v) is 5.60. The predicted molar refractivity (Wildman–Crippen MR) is 77.3 cm³/mol. The molecule has 1 saturated heterocycles. The minimum Gasteiger partial charge on any atom is -0.478 e. The molecule has 1 atom stereocenters. The van der Waals surface area contributed by atoms with Crippen LogP contribution in [0.15, 0.2) is 18.2 Å². The molecular weight excluding hydrogens is 264 g/mol. The molecule has 1 aromatic rings. The van der Waals surface area contributed by atoms with Crippen LogP contribution in [0.25, 0.3) is 0 Å². The van der Waals surface area contributed by atoms with Crippen LogP contribution in [0.5, 0.6) is 0 Å². The van der Waals surface area contributed by atoms with E-state index >= 15 is 0 Å². The van der Waals surface area contributed by atoms with Gasteiger partial charge in [-0.25, -0.2) is 4.79 Å². The van der Waals surface area contributed by atoms with Crippen LogP contribution in [-0.4, -0.2) is 49.2 Å². The molecule has 1 heterocycles. The Balaban J connectivity index is 2.35. The number of hydrogen-bond acceptors (Lipinski definition) is 3. The van der Waals surface area contributed by atoms with E-state index in [4.69, 9.17) is 11.6 Å². The van der Waals surface area contributed by atoms with Crippen molar-refractivity contribution in [1.82, 2.24) is 4.90 Å². The van der Waals surface area contributed by atoms with Crippen molar-refractivity contribution in [3.05, 3.63) is 28.8 Å². The maximum absolute atomic E-state index is 11.4. The second kappa shape index (κ2) is 5.80. The summed E-state index contributed by atoms with van der Waals surface area (Å²) < 4.78 is 0. The van der Waals surface area contributed by atoms with Gasteiger partial charge in [-0.2, -0.15) is 0 Å². The molecule has 0 amide bonds. The molecular formula is C14H19ClN2O2. The molecule has 1 aliphatic heterocycles. The van der Waals surface area contributed by atoms with Gasteiger partial charge in [0.05, 0.1) is 10.7 Å². The summed E-state index contributed by atoms with van der Waals surface area (Å²) in [5.41, 5.74) is 0.958. The highest BCUT2D eigenvalue weighted by Crippen LogP contribution is 2.32. The number of carboxylic acids is 1. The zero-order valence-electron chi connectivity index (χ0n) is 11.3. The first-order valence-electron chi connectivity index (χ1n) is 6.44. The van der Waals surface area contributed by atoms with Gasteiger partial charge in [-0.05, 0) is 39.1 Å². The highest BCUT2D eigenvalue weighted by molar-refractivity contribution is 6.34. The molecule has 4 nitrogen and oxygen atoms in total. The Morgan fingerprint density at radius 3 is 2.89 bits per heavy atom. The number of halogens is 1.